The maximum atomic E-state index is 12.9. The summed E-state index contributed by atoms with van der Waals surface area (Å²) in [6, 6.07) is 4.39. The molecule has 1 N–H and O–H groups in total. The van der Waals surface area contributed by atoms with Crippen LogP contribution in [0, 0.1) is 5.92 Å². The number of piperidine rings is 1. The van der Waals surface area contributed by atoms with Gasteiger partial charge in [-0.25, -0.2) is 13.2 Å². The maximum absolute atomic E-state index is 12.9. The molecular weight excluding hydrogens is 434 g/mol. The Labute approximate surface area is 181 Å². The summed E-state index contributed by atoms with van der Waals surface area (Å²) in [5, 5.41) is 2.85. The van der Waals surface area contributed by atoms with Gasteiger partial charge in [-0.15, -0.1) is 0 Å². The molecule has 3 rings (SSSR count). The van der Waals surface area contributed by atoms with Crippen molar-refractivity contribution in [3.63, 3.8) is 0 Å². The summed E-state index contributed by atoms with van der Waals surface area (Å²) in [6.45, 7) is 3.97. The monoisotopic (exact) mass is 459 g/mol. The molecule has 9 nitrogen and oxygen atoms in total. The first-order chi connectivity index (χ1) is 14.3. The van der Waals surface area contributed by atoms with E-state index in [1.165, 1.54) is 21.3 Å². The number of ether oxygens (including phenoxy) is 2. The van der Waals surface area contributed by atoms with Crippen LogP contribution in [0.4, 0.5) is 10.5 Å². The van der Waals surface area contributed by atoms with Gasteiger partial charge in [0.15, 0.2) is 0 Å². The summed E-state index contributed by atoms with van der Waals surface area (Å²) in [5.41, 5.74) is 0.337. The number of nitrogens with one attached hydrogen (secondary N) is 1. The number of carbonyl (C=O) groups excluding carboxylic acids is 2. The average Bonchev–Trinajstić information content (AvgIpc) is 2.76. The van der Waals surface area contributed by atoms with Gasteiger partial charge in [0.2, 0.25) is 15.9 Å². The molecule has 2 heterocycles. The highest BCUT2D eigenvalue weighted by Gasteiger charge is 2.31. The Morgan fingerprint density at radius 1 is 1.27 bits per heavy atom. The van der Waals surface area contributed by atoms with E-state index >= 15 is 0 Å². The Morgan fingerprint density at radius 3 is 2.70 bits per heavy atom. The van der Waals surface area contributed by atoms with E-state index in [-0.39, 0.29) is 42.1 Å². The van der Waals surface area contributed by atoms with Crippen molar-refractivity contribution in [3.05, 3.63) is 23.2 Å². The van der Waals surface area contributed by atoms with Crippen molar-refractivity contribution in [2.24, 2.45) is 5.92 Å². The number of hydrogen-bond donors (Lipinski definition) is 1. The highest BCUT2D eigenvalue weighted by molar-refractivity contribution is 7.89. The molecule has 2 aliphatic heterocycles. The largest absolute Gasteiger partial charge is 0.450 e. The summed E-state index contributed by atoms with van der Waals surface area (Å²) in [6.07, 6.45) is 0.892. The Bertz CT molecular complexity index is 888. The maximum Gasteiger partial charge on any atom is 0.409 e. The predicted octanol–water partition coefficient (Wildman–Crippen LogP) is 2.17. The van der Waals surface area contributed by atoms with Crippen molar-refractivity contribution < 1.29 is 27.5 Å². The van der Waals surface area contributed by atoms with Gasteiger partial charge in [-0.3, -0.25) is 4.79 Å². The standard InChI is InChI=1S/C19H26ClN3O6S/c1-2-29-19(25)22-7-3-4-14(13-22)18(24)21-15-5-6-16(20)17(12-15)30(26,27)23-8-10-28-11-9-23/h5-6,12,14H,2-4,7-11,13H2,1H3,(H,21,24). The van der Waals surface area contributed by atoms with Crippen LogP contribution >= 0.6 is 11.6 Å². The predicted molar refractivity (Wildman–Crippen MR) is 111 cm³/mol. The van der Waals surface area contributed by atoms with Gasteiger partial charge in [0.1, 0.15) is 4.90 Å². The molecule has 2 saturated heterocycles. The second kappa shape index (κ2) is 9.95. The summed E-state index contributed by atoms with van der Waals surface area (Å²) in [4.78, 5) is 26.2. The van der Waals surface area contributed by atoms with E-state index in [2.05, 4.69) is 5.32 Å². The van der Waals surface area contributed by atoms with E-state index in [9.17, 15) is 18.0 Å². The van der Waals surface area contributed by atoms with Gasteiger partial charge in [0.25, 0.3) is 0 Å². The Kier molecular flexibility index (Phi) is 7.56. The van der Waals surface area contributed by atoms with E-state index < -0.39 is 22.0 Å². The molecule has 2 aliphatic rings. The summed E-state index contributed by atoms with van der Waals surface area (Å²) in [7, 11) is -3.80. The molecule has 2 fully saturated rings. The number of anilines is 1. The molecule has 1 unspecified atom stereocenters. The molecular formula is C19H26ClN3O6S. The summed E-state index contributed by atoms with van der Waals surface area (Å²) < 4.78 is 37.4. The third kappa shape index (κ3) is 5.23. The van der Waals surface area contributed by atoms with Gasteiger partial charge >= 0.3 is 6.09 Å². The van der Waals surface area contributed by atoms with E-state index in [1.807, 2.05) is 0 Å². The second-order valence-corrected chi connectivity index (χ2v) is 9.45. The van der Waals surface area contributed by atoms with Gasteiger partial charge in [0.05, 0.1) is 30.8 Å². The van der Waals surface area contributed by atoms with E-state index in [0.717, 1.165) is 0 Å². The molecule has 0 bridgehead atoms. The van der Waals surface area contributed by atoms with Crippen LogP contribution < -0.4 is 5.32 Å². The lowest BCUT2D eigenvalue weighted by molar-refractivity contribution is -0.121. The number of morpholine rings is 1. The van der Waals surface area contributed by atoms with Gasteiger partial charge < -0.3 is 19.7 Å². The second-order valence-electron chi connectivity index (χ2n) is 7.13. The fourth-order valence-corrected chi connectivity index (χ4v) is 5.43. The lowest BCUT2D eigenvalue weighted by atomic mass is 9.97. The van der Waals surface area contributed by atoms with Crippen LogP contribution in [-0.4, -0.2) is 75.6 Å². The molecule has 1 aromatic rings. The number of nitrogens with zero attached hydrogens (tertiary/aromatic N) is 2. The number of hydrogen-bond acceptors (Lipinski definition) is 6. The van der Waals surface area contributed by atoms with E-state index in [1.54, 1.807) is 13.0 Å². The highest BCUT2D eigenvalue weighted by Crippen LogP contribution is 2.29. The molecule has 0 saturated carbocycles. The number of carbonyl (C=O) groups is 2. The van der Waals surface area contributed by atoms with E-state index in [4.69, 9.17) is 21.1 Å². The van der Waals surface area contributed by atoms with Gasteiger partial charge in [0, 0.05) is 31.9 Å². The smallest absolute Gasteiger partial charge is 0.409 e. The van der Waals surface area contributed by atoms with Crippen LogP contribution in [0.5, 0.6) is 0 Å². The molecule has 0 aliphatic carbocycles. The van der Waals surface area contributed by atoms with E-state index in [0.29, 0.717) is 38.3 Å². The molecule has 30 heavy (non-hydrogen) atoms. The molecule has 11 heteroatoms. The number of amides is 2. The minimum Gasteiger partial charge on any atom is -0.450 e. The van der Waals surface area contributed by atoms with Crippen molar-refractivity contribution in [1.82, 2.24) is 9.21 Å². The van der Waals surface area contributed by atoms with Crippen molar-refractivity contribution in [2.75, 3.05) is 51.3 Å². The first kappa shape index (κ1) is 22.8. The fraction of sp³-hybridized carbons (Fsp3) is 0.579. The van der Waals surface area contributed by atoms with Gasteiger partial charge in [-0.2, -0.15) is 4.31 Å². The fourth-order valence-electron chi connectivity index (χ4n) is 3.52. The van der Waals surface area contributed by atoms with Crippen LogP contribution in [0.2, 0.25) is 5.02 Å². The lowest BCUT2D eigenvalue weighted by Gasteiger charge is -2.31. The molecule has 1 atom stereocenters. The molecule has 166 valence electrons. The Hall–Kier alpha value is -1.88. The van der Waals surface area contributed by atoms with Crippen molar-refractivity contribution in [3.8, 4) is 0 Å². The number of sulfonamides is 1. The zero-order valence-electron chi connectivity index (χ0n) is 16.8. The SMILES string of the molecule is CCOC(=O)N1CCCC(C(=O)Nc2ccc(Cl)c(S(=O)(=O)N3CCOCC3)c2)C1. The molecule has 0 radical (unpaired) electrons. The van der Waals surface area contributed by atoms with Gasteiger partial charge in [-0.05, 0) is 38.0 Å². The van der Waals surface area contributed by atoms with Crippen molar-refractivity contribution in [2.45, 2.75) is 24.7 Å². The number of likely N-dealkylation sites (tertiary alicyclic amines) is 1. The number of halogens is 1. The van der Waals surface area contributed by atoms with Crippen molar-refractivity contribution in [1.29, 1.82) is 0 Å². The highest BCUT2D eigenvalue weighted by atomic mass is 35.5. The first-order valence-corrected chi connectivity index (χ1v) is 11.7. The van der Waals surface area contributed by atoms with Crippen LogP contribution in [0.15, 0.2) is 23.1 Å². The third-order valence-corrected chi connectivity index (χ3v) is 7.49. The molecule has 0 spiro atoms. The third-order valence-electron chi connectivity index (χ3n) is 5.10. The minimum absolute atomic E-state index is 0.0549. The Balaban J connectivity index is 1.72. The number of benzene rings is 1. The van der Waals surface area contributed by atoms with Crippen LogP contribution in [0.3, 0.4) is 0 Å². The zero-order valence-corrected chi connectivity index (χ0v) is 18.4. The zero-order chi connectivity index (χ0) is 21.7. The summed E-state index contributed by atoms with van der Waals surface area (Å²) >= 11 is 6.16. The molecule has 2 amide bonds. The molecule has 1 aromatic carbocycles. The average molecular weight is 460 g/mol. The Morgan fingerprint density at radius 2 is 2.00 bits per heavy atom. The summed E-state index contributed by atoms with van der Waals surface area (Å²) in [5.74, 6) is -0.681. The molecule has 0 aromatic heterocycles. The van der Waals surface area contributed by atoms with Crippen LogP contribution in [-0.2, 0) is 24.3 Å². The number of rotatable bonds is 5. The van der Waals surface area contributed by atoms with Crippen LogP contribution in [0.1, 0.15) is 19.8 Å². The normalized spacial score (nSPS) is 20.6. The topological polar surface area (TPSA) is 105 Å². The lowest BCUT2D eigenvalue weighted by Crippen LogP contribution is -2.44. The first-order valence-electron chi connectivity index (χ1n) is 9.93. The van der Waals surface area contributed by atoms with Gasteiger partial charge in [-0.1, -0.05) is 11.6 Å². The van der Waals surface area contributed by atoms with Crippen molar-refractivity contribution >= 4 is 39.3 Å². The van der Waals surface area contributed by atoms with Crippen LogP contribution in [0.25, 0.3) is 0 Å². The minimum atomic E-state index is -3.80. The quantitative estimate of drug-likeness (QED) is 0.723.